The van der Waals surface area contributed by atoms with Crippen molar-refractivity contribution in [2.24, 2.45) is 23.5 Å². The predicted octanol–water partition coefficient (Wildman–Crippen LogP) is 4.47. The Kier molecular flexibility index (Phi) is 4.53. The Hall–Kier alpha value is -0.890. The third kappa shape index (κ3) is 3.22. The van der Waals surface area contributed by atoms with Gasteiger partial charge >= 0.3 is 0 Å². The number of rotatable bonds is 3. The first-order valence-corrected chi connectivity index (χ1v) is 7.86. The summed E-state index contributed by atoms with van der Waals surface area (Å²) >= 11 is 0. The van der Waals surface area contributed by atoms with Crippen molar-refractivity contribution in [2.75, 3.05) is 0 Å². The molecule has 0 aromatic heterocycles. The zero-order valence-corrected chi connectivity index (χ0v) is 13.2. The van der Waals surface area contributed by atoms with Crippen LogP contribution in [0.25, 0.3) is 0 Å². The van der Waals surface area contributed by atoms with Crippen LogP contribution in [0.3, 0.4) is 0 Å². The van der Waals surface area contributed by atoms with Gasteiger partial charge in [0.1, 0.15) is 5.82 Å². The number of hydrogen-bond acceptors (Lipinski definition) is 1. The molecular formula is C18H28FN. The number of halogens is 1. The quantitative estimate of drug-likeness (QED) is 0.867. The standard InChI is InChI=1S/C18H28FN/c1-12(2)17-8-5-13(3)10-18(17,20)11-15-9-16(19)7-6-14(15)4/h6-7,9,12-13,17H,5,8,10-11,20H2,1-4H3. The molecule has 0 heterocycles. The van der Waals surface area contributed by atoms with E-state index in [-0.39, 0.29) is 11.4 Å². The molecule has 3 unspecified atom stereocenters. The predicted molar refractivity (Wildman–Crippen MR) is 83.1 cm³/mol. The minimum Gasteiger partial charge on any atom is -0.325 e. The van der Waals surface area contributed by atoms with Crippen LogP contribution in [-0.4, -0.2) is 5.54 Å². The molecule has 0 saturated heterocycles. The molecule has 0 radical (unpaired) electrons. The molecule has 1 saturated carbocycles. The van der Waals surface area contributed by atoms with Crippen molar-refractivity contribution >= 4 is 0 Å². The summed E-state index contributed by atoms with van der Waals surface area (Å²) in [6.07, 6.45) is 4.31. The Balaban J connectivity index is 2.28. The van der Waals surface area contributed by atoms with Gasteiger partial charge in [0.05, 0.1) is 0 Å². The smallest absolute Gasteiger partial charge is 0.123 e. The molecule has 0 amide bonds. The molecule has 1 fully saturated rings. The van der Waals surface area contributed by atoms with E-state index in [1.807, 2.05) is 6.07 Å². The van der Waals surface area contributed by atoms with Crippen LogP contribution in [-0.2, 0) is 6.42 Å². The summed E-state index contributed by atoms with van der Waals surface area (Å²) in [4.78, 5) is 0. The highest BCUT2D eigenvalue weighted by molar-refractivity contribution is 5.29. The van der Waals surface area contributed by atoms with E-state index in [2.05, 4.69) is 27.7 Å². The lowest BCUT2D eigenvalue weighted by atomic mass is 9.63. The maximum atomic E-state index is 13.5. The van der Waals surface area contributed by atoms with Gasteiger partial charge in [-0.15, -0.1) is 0 Å². The molecule has 0 bridgehead atoms. The lowest BCUT2D eigenvalue weighted by Crippen LogP contribution is -2.54. The van der Waals surface area contributed by atoms with Crippen molar-refractivity contribution in [3.05, 3.63) is 35.1 Å². The molecule has 1 aromatic rings. The molecule has 2 rings (SSSR count). The number of nitrogens with two attached hydrogens (primary N) is 1. The average Bonchev–Trinajstić information content (AvgIpc) is 2.32. The molecule has 0 aliphatic heterocycles. The van der Waals surface area contributed by atoms with Crippen molar-refractivity contribution in [3.8, 4) is 0 Å². The van der Waals surface area contributed by atoms with Crippen LogP contribution in [0.5, 0.6) is 0 Å². The summed E-state index contributed by atoms with van der Waals surface area (Å²) in [6, 6.07) is 5.07. The topological polar surface area (TPSA) is 26.0 Å². The average molecular weight is 277 g/mol. The van der Waals surface area contributed by atoms with Gasteiger partial charge in [0.15, 0.2) is 0 Å². The van der Waals surface area contributed by atoms with E-state index >= 15 is 0 Å². The fraction of sp³-hybridized carbons (Fsp3) is 0.667. The van der Waals surface area contributed by atoms with E-state index in [9.17, 15) is 4.39 Å². The van der Waals surface area contributed by atoms with Crippen molar-refractivity contribution in [1.82, 2.24) is 0 Å². The maximum Gasteiger partial charge on any atom is 0.123 e. The zero-order chi connectivity index (χ0) is 14.9. The van der Waals surface area contributed by atoms with Gasteiger partial charge < -0.3 is 5.73 Å². The highest BCUT2D eigenvalue weighted by atomic mass is 19.1. The monoisotopic (exact) mass is 277 g/mol. The van der Waals surface area contributed by atoms with E-state index in [0.29, 0.717) is 17.8 Å². The third-order valence-electron chi connectivity index (χ3n) is 5.07. The largest absolute Gasteiger partial charge is 0.325 e. The first-order chi connectivity index (χ1) is 9.32. The third-order valence-corrected chi connectivity index (χ3v) is 5.07. The Morgan fingerprint density at radius 2 is 2.05 bits per heavy atom. The summed E-state index contributed by atoms with van der Waals surface area (Å²) in [7, 11) is 0. The molecule has 1 aliphatic rings. The Morgan fingerprint density at radius 1 is 1.35 bits per heavy atom. The second-order valence-electron chi connectivity index (χ2n) is 7.22. The fourth-order valence-electron chi connectivity index (χ4n) is 4.04. The minimum atomic E-state index is -0.190. The number of aryl methyl sites for hydroxylation is 1. The molecule has 20 heavy (non-hydrogen) atoms. The van der Waals surface area contributed by atoms with Gasteiger partial charge in [-0.1, -0.05) is 33.3 Å². The molecule has 3 atom stereocenters. The summed E-state index contributed by atoms with van der Waals surface area (Å²) in [5, 5.41) is 0. The normalized spacial score (nSPS) is 30.8. The van der Waals surface area contributed by atoms with Crippen LogP contribution >= 0.6 is 0 Å². The van der Waals surface area contributed by atoms with Crippen LogP contribution in [0.15, 0.2) is 18.2 Å². The molecule has 2 heteroatoms. The van der Waals surface area contributed by atoms with E-state index < -0.39 is 0 Å². The van der Waals surface area contributed by atoms with Crippen LogP contribution in [0.4, 0.5) is 4.39 Å². The second kappa shape index (κ2) is 5.85. The molecule has 1 aromatic carbocycles. The van der Waals surface area contributed by atoms with E-state index in [4.69, 9.17) is 5.73 Å². The number of hydrogen-bond donors (Lipinski definition) is 1. The highest BCUT2D eigenvalue weighted by Crippen LogP contribution is 2.41. The second-order valence-corrected chi connectivity index (χ2v) is 7.22. The van der Waals surface area contributed by atoms with Crippen LogP contribution in [0, 0.1) is 30.5 Å². The number of benzene rings is 1. The van der Waals surface area contributed by atoms with Crippen molar-refractivity contribution in [2.45, 2.75) is 58.9 Å². The van der Waals surface area contributed by atoms with Crippen molar-refractivity contribution in [3.63, 3.8) is 0 Å². The minimum absolute atomic E-state index is 0.154. The lowest BCUT2D eigenvalue weighted by molar-refractivity contribution is 0.109. The summed E-state index contributed by atoms with van der Waals surface area (Å²) in [5.41, 5.74) is 8.86. The molecule has 112 valence electrons. The molecule has 1 nitrogen and oxygen atoms in total. The van der Waals surface area contributed by atoms with E-state index in [0.717, 1.165) is 24.0 Å². The zero-order valence-electron chi connectivity index (χ0n) is 13.2. The first kappa shape index (κ1) is 15.5. The molecule has 0 spiro atoms. The van der Waals surface area contributed by atoms with Gasteiger partial charge in [-0.2, -0.15) is 0 Å². The van der Waals surface area contributed by atoms with Crippen LogP contribution < -0.4 is 5.73 Å². The van der Waals surface area contributed by atoms with E-state index in [1.165, 1.54) is 18.9 Å². The Bertz CT molecular complexity index is 468. The van der Waals surface area contributed by atoms with Gasteiger partial charge in [0, 0.05) is 5.54 Å². The first-order valence-electron chi connectivity index (χ1n) is 7.86. The van der Waals surface area contributed by atoms with E-state index in [1.54, 1.807) is 6.07 Å². The molecule has 2 N–H and O–H groups in total. The maximum absolute atomic E-state index is 13.5. The van der Waals surface area contributed by atoms with Gasteiger partial charge in [0.25, 0.3) is 0 Å². The van der Waals surface area contributed by atoms with Gasteiger partial charge in [-0.05, 0) is 67.2 Å². The highest BCUT2D eigenvalue weighted by Gasteiger charge is 2.41. The van der Waals surface area contributed by atoms with Gasteiger partial charge in [-0.3, -0.25) is 0 Å². The van der Waals surface area contributed by atoms with Crippen molar-refractivity contribution < 1.29 is 4.39 Å². The molecule has 1 aliphatic carbocycles. The van der Waals surface area contributed by atoms with Gasteiger partial charge in [0.2, 0.25) is 0 Å². The summed E-state index contributed by atoms with van der Waals surface area (Å²) < 4.78 is 13.5. The summed E-state index contributed by atoms with van der Waals surface area (Å²) in [5.74, 6) is 1.63. The van der Waals surface area contributed by atoms with Crippen LogP contribution in [0.1, 0.15) is 51.2 Å². The lowest BCUT2D eigenvalue weighted by Gasteiger charge is -2.46. The Labute approximate surface area is 122 Å². The van der Waals surface area contributed by atoms with Crippen LogP contribution in [0.2, 0.25) is 0 Å². The Morgan fingerprint density at radius 3 is 2.70 bits per heavy atom. The molecular weight excluding hydrogens is 249 g/mol. The SMILES string of the molecule is Cc1ccc(F)cc1CC1(N)CC(C)CCC1C(C)C. The van der Waals surface area contributed by atoms with Gasteiger partial charge in [-0.25, -0.2) is 4.39 Å². The van der Waals surface area contributed by atoms with Crippen molar-refractivity contribution in [1.29, 1.82) is 0 Å². The summed E-state index contributed by atoms with van der Waals surface area (Å²) in [6.45, 7) is 8.87. The fourth-order valence-corrected chi connectivity index (χ4v) is 4.04.